The van der Waals surface area contributed by atoms with Crippen LogP contribution in [0.1, 0.15) is 42.6 Å². The van der Waals surface area contributed by atoms with E-state index in [1.807, 2.05) is 30.3 Å². The maximum absolute atomic E-state index is 13.3. The molecule has 234 valence electrons. The molecule has 13 heteroatoms. The second kappa shape index (κ2) is 13.5. The Balaban J connectivity index is 0.000000159. The first-order valence-corrected chi connectivity index (χ1v) is 15.6. The number of nitrogens with zero attached hydrogens (tertiary/aromatic N) is 6. The van der Waals surface area contributed by atoms with Gasteiger partial charge in [0.2, 0.25) is 5.79 Å². The van der Waals surface area contributed by atoms with Crippen LogP contribution in [0.3, 0.4) is 0 Å². The van der Waals surface area contributed by atoms with E-state index in [1.165, 1.54) is 24.8 Å². The molecule has 0 bridgehead atoms. The number of hydrogen-bond acceptors (Lipinski definition) is 7. The van der Waals surface area contributed by atoms with Gasteiger partial charge in [0.25, 0.3) is 0 Å². The van der Waals surface area contributed by atoms with E-state index in [1.54, 1.807) is 46.3 Å². The van der Waals surface area contributed by atoms with E-state index in [-0.39, 0.29) is 18.0 Å². The fourth-order valence-corrected chi connectivity index (χ4v) is 6.35. The molecular formula is C32H30Cl3FN6O3. The molecule has 0 N–H and O–H groups in total. The summed E-state index contributed by atoms with van der Waals surface area (Å²) < 4.78 is 35.0. The molecule has 0 aliphatic carbocycles. The zero-order valence-corrected chi connectivity index (χ0v) is 26.5. The third-order valence-corrected chi connectivity index (χ3v) is 8.62. The molecule has 7 rings (SSSR count). The van der Waals surface area contributed by atoms with Crippen LogP contribution >= 0.6 is 34.8 Å². The normalized spacial score (nSPS) is 23.8. The second-order valence-corrected chi connectivity index (χ2v) is 12.1. The van der Waals surface area contributed by atoms with Gasteiger partial charge in [0.1, 0.15) is 49.4 Å². The number of epoxide rings is 1. The molecule has 0 amide bonds. The maximum Gasteiger partial charge on any atom is 0.217 e. The summed E-state index contributed by atoms with van der Waals surface area (Å²) in [6.07, 6.45) is 8.03. The van der Waals surface area contributed by atoms with E-state index in [2.05, 4.69) is 27.1 Å². The van der Waals surface area contributed by atoms with Gasteiger partial charge in [-0.15, -0.1) is 0 Å². The van der Waals surface area contributed by atoms with Crippen molar-refractivity contribution in [1.82, 2.24) is 29.5 Å². The Kier molecular flexibility index (Phi) is 9.51. The summed E-state index contributed by atoms with van der Waals surface area (Å²) in [5, 5.41) is 10.0. The van der Waals surface area contributed by atoms with Crippen molar-refractivity contribution < 1.29 is 18.6 Å². The van der Waals surface area contributed by atoms with Crippen molar-refractivity contribution in [3.63, 3.8) is 0 Å². The van der Waals surface area contributed by atoms with Gasteiger partial charge in [0, 0.05) is 21.2 Å². The Morgan fingerprint density at radius 2 is 1.58 bits per heavy atom. The molecule has 2 fully saturated rings. The van der Waals surface area contributed by atoms with Gasteiger partial charge in [-0.25, -0.2) is 23.7 Å². The molecule has 45 heavy (non-hydrogen) atoms. The number of ether oxygens (including phenoxy) is 3. The van der Waals surface area contributed by atoms with Crippen LogP contribution < -0.4 is 0 Å². The van der Waals surface area contributed by atoms with E-state index >= 15 is 0 Å². The van der Waals surface area contributed by atoms with Crippen molar-refractivity contribution >= 4 is 34.8 Å². The van der Waals surface area contributed by atoms with Crippen LogP contribution in [-0.2, 0) is 38.7 Å². The minimum absolute atomic E-state index is 0.0419. The average molecular weight is 672 g/mol. The first-order chi connectivity index (χ1) is 21.8. The van der Waals surface area contributed by atoms with Crippen LogP contribution in [0.2, 0.25) is 15.1 Å². The minimum atomic E-state index is -0.963. The topological polar surface area (TPSA) is 92.4 Å². The first kappa shape index (κ1) is 31.6. The molecule has 0 radical (unpaired) electrons. The van der Waals surface area contributed by atoms with E-state index in [0.717, 1.165) is 29.5 Å². The van der Waals surface area contributed by atoms with Crippen LogP contribution in [0.4, 0.5) is 4.39 Å². The van der Waals surface area contributed by atoms with E-state index in [4.69, 9.17) is 49.0 Å². The monoisotopic (exact) mass is 670 g/mol. The third-order valence-electron chi connectivity index (χ3n) is 7.73. The lowest BCUT2D eigenvalue weighted by Crippen LogP contribution is -2.34. The van der Waals surface area contributed by atoms with E-state index in [9.17, 15) is 4.39 Å². The average Bonchev–Trinajstić information content (AvgIpc) is 3.46. The molecule has 0 spiro atoms. The van der Waals surface area contributed by atoms with Gasteiger partial charge in [-0.3, -0.25) is 0 Å². The molecule has 4 unspecified atom stereocenters. The van der Waals surface area contributed by atoms with Crippen molar-refractivity contribution in [3.05, 3.63) is 130 Å². The number of rotatable bonds is 9. The van der Waals surface area contributed by atoms with Crippen LogP contribution in [0.25, 0.3) is 0 Å². The largest absolute Gasteiger partial charge is 0.354 e. The molecule has 4 atom stereocenters. The quantitative estimate of drug-likeness (QED) is 0.151. The summed E-state index contributed by atoms with van der Waals surface area (Å²) in [5.41, 5.74) is 1.94. The molecule has 2 aliphatic rings. The van der Waals surface area contributed by atoms with Crippen molar-refractivity contribution in [2.24, 2.45) is 0 Å². The zero-order valence-electron chi connectivity index (χ0n) is 24.3. The summed E-state index contributed by atoms with van der Waals surface area (Å²) in [7, 11) is 0. The lowest BCUT2D eigenvalue weighted by Gasteiger charge is -2.29. The van der Waals surface area contributed by atoms with Crippen molar-refractivity contribution in [1.29, 1.82) is 0 Å². The second-order valence-electron chi connectivity index (χ2n) is 10.8. The SMILES string of the molecule is CCCC1COC(Cn2cncn2)(c2ccc(Cl)cc2Cl)O1.Fc1ccc(C2(Cn3cncn3)OC2c2ccccc2Cl)cc1. The summed E-state index contributed by atoms with van der Waals surface area (Å²) in [6, 6.07) is 19.3. The van der Waals surface area contributed by atoms with Gasteiger partial charge < -0.3 is 14.2 Å². The van der Waals surface area contributed by atoms with Gasteiger partial charge in [0.15, 0.2) is 0 Å². The highest BCUT2D eigenvalue weighted by molar-refractivity contribution is 6.35. The van der Waals surface area contributed by atoms with Gasteiger partial charge >= 0.3 is 0 Å². The summed E-state index contributed by atoms with van der Waals surface area (Å²) in [6.45, 7) is 3.51. The fraction of sp³-hybridized carbons (Fsp3) is 0.312. The third kappa shape index (κ3) is 6.91. The summed E-state index contributed by atoms with van der Waals surface area (Å²) >= 11 is 18.7. The van der Waals surface area contributed by atoms with Crippen molar-refractivity contribution in [2.75, 3.05) is 6.61 Å². The molecule has 5 aromatic rings. The highest BCUT2D eigenvalue weighted by atomic mass is 35.5. The Hall–Kier alpha value is -3.38. The predicted molar refractivity (Wildman–Crippen MR) is 167 cm³/mol. The Bertz CT molecular complexity index is 1710. The molecule has 3 aromatic carbocycles. The standard InChI is InChI=1S/C17H13ClFN3O.C15H17Cl2N3O2/c18-15-4-2-1-3-14(15)16-17(23-16,9-22-11-20-10-21-22)12-5-7-13(19)8-6-12;1-2-3-12-7-21-15(22-12,8-20-10-18-9-19-20)13-5-4-11(16)6-14(13)17/h1-8,10-11,16H,9H2;4-6,9-10,12H,2-3,7-8H2,1H3. The van der Waals surface area contributed by atoms with Crippen molar-refractivity contribution in [3.8, 4) is 0 Å². The van der Waals surface area contributed by atoms with Crippen LogP contribution in [0.15, 0.2) is 92.0 Å². The number of benzene rings is 3. The summed E-state index contributed by atoms with van der Waals surface area (Å²) in [5.74, 6) is -1.24. The Labute approximate surface area is 274 Å². The van der Waals surface area contributed by atoms with Gasteiger partial charge in [-0.05, 0) is 42.3 Å². The molecule has 9 nitrogen and oxygen atoms in total. The highest BCUT2D eigenvalue weighted by Gasteiger charge is 2.59. The van der Waals surface area contributed by atoms with E-state index < -0.39 is 11.4 Å². The first-order valence-electron chi connectivity index (χ1n) is 14.4. The molecule has 2 saturated heterocycles. The predicted octanol–water partition coefficient (Wildman–Crippen LogP) is 7.39. The lowest BCUT2D eigenvalue weighted by molar-refractivity contribution is -0.189. The van der Waals surface area contributed by atoms with Gasteiger partial charge in [-0.2, -0.15) is 10.2 Å². The Morgan fingerprint density at radius 1 is 0.867 bits per heavy atom. The smallest absolute Gasteiger partial charge is 0.217 e. The lowest BCUT2D eigenvalue weighted by atomic mass is 9.91. The number of halogens is 4. The zero-order chi connectivity index (χ0) is 31.4. The van der Waals surface area contributed by atoms with Crippen LogP contribution in [0, 0.1) is 5.82 Å². The van der Waals surface area contributed by atoms with Crippen LogP contribution in [-0.4, -0.2) is 42.2 Å². The molecule has 4 heterocycles. The highest BCUT2D eigenvalue weighted by Crippen LogP contribution is 2.59. The number of hydrogen-bond donors (Lipinski definition) is 0. The summed E-state index contributed by atoms with van der Waals surface area (Å²) in [4.78, 5) is 7.94. The van der Waals surface area contributed by atoms with Crippen LogP contribution in [0.5, 0.6) is 0 Å². The molecule has 2 aromatic heterocycles. The van der Waals surface area contributed by atoms with Crippen molar-refractivity contribution in [2.45, 2.75) is 56.5 Å². The molecule has 0 saturated carbocycles. The molecular weight excluding hydrogens is 642 g/mol. The maximum atomic E-state index is 13.3. The number of aromatic nitrogens is 6. The van der Waals surface area contributed by atoms with Gasteiger partial charge in [-0.1, -0.05) is 84.5 Å². The minimum Gasteiger partial charge on any atom is -0.354 e. The Morgan fingerprint density at radius 3 is 2.22 bits per heavy atom. The molecule has 2 aliphatic heterocycles. The van der Waals surface area contributed by atoms with Gasteiger partial charge in [0.05, 0.1) is 24.3 Å². The fourth-order valence-electron chi connectivity index (χ4n) is 5.56. The van der Waals surface area contributed by atoms with E-state index in [0.29, 0.717) is 34.8 Å².